The van der Waals surface area contributed by atoms with E-state index in [1.165, 1.54) is 17.7 Å². The van der Waals surface area contributed by atoms with Crippen LogP contribution in [0.2, 0.25) is 0 Å². The molecular weight excluding hydrogens is 409 g/mol. The Morgan fingerprint density at radius 1 is 1.26 bits per heavy atom. The summed E-state index contributed by atoms with van der Waals surface area (Å²) in [7, 11) is 0. The Labute approximate surface area is 165 Å². The average Bonchev–Trinajstić information content (AvgIpc) is 3.08. The fraction of sp³-hybridized carbons (Fsp3) is 0.238. The summed E-state index contributed by atoms with van der Waals surface area (Å²) in [6.07, 6.45) is 4.62. The number of nitrogens with one attached hydrogen (secondary N) is 1. The van der Waals surface area contributed by atoms with Crippen LogP contribution in [0.4, 0.5) is 4.39 Å². The summed E-state index contributed by atoms with van der Waals surface area (Å²) in [5.74, 6) is -0.710. The van der Waals surface area contributed by atoms with E-state index in [0.29, 0.717) is 16.6 Å². The molecule has 0 saturated carbocycles. The highest BCUT2D eigenvalue weighted by atomic mass is 79.9. The Morgan fingerprint density at radius 3 is 2.89 bits per heavy atom. The molecule has 0 radical (unpaired) electrons. The Kier molecular flexibility index (Phi) is 5.07. The maximum atomic E-state index is 13.5. The van der Waals surface area contributed by atoms with E-state index in [4.69, 9.17) is 0 Å². The molecule has 138 valence electrons. The number of carbonyl (C=O) groups excluding carboxylic acids is 1. The maximum absolute atomic E-state index is 13.5. The molecule has 0 bridgehead atoms. The van der Waals surface area contributed by atoms with E-state index in [1.54, 1.807) is 6.07 Å². The number of amides is 1. The summed E-state index contributed by atoms with van der Waals surface area (Å²) in [5.41, 5.74) is 3.71. The highest BCUT2D eigenvalue weighted by Crippen LogP contribution is 2.30. The Hall–Kier alpha value is -2.47. The van der Waals surface area contributed by atoms with Crippen LogP contribution in [0, 0.1) is 5.82 Å². The first-order valence-corrected chi connectivity index (χ1v) is 9.75. The molecule has 1 atom stereocenters. The number of nitrogens with zero attached hydrogens (tertiary/aromatic N) is 2. The number of carbonyl (C=O) groups is 1. The topological polar surface area (TPSA) is 46.9 Å². The largest absolute Gasteiger partial charge is 0.345 e. The standard InChI is InChI=1S/C21H19BrFN3O/c22-18-10-9-15(23)11-16(18)21(27)25-19-7-4-8-20-17(19)12-24-26(20)13-14-5-2-1-3-6-14/h1-3,5-6,9-12,19H,4,7-8,13H2,(H,25,27)/t19-/m1/s1. The highest BCUT2D eigenvalue weighted by molar-refractivity contribution is 9.10. The van der Waals surface area contributed by atoms with Crippen molar-refractivity contribution in [2.45, 2.75) is 31.8 Å². The van der Waals surface area contributed by atoms with Crippen LogP contribution < -0.4 is 5.32 Å². The van der Waals surface area contributed by atoms with Crippen LogP contribution in [0.25, 0.3) is 0 Å². The third kappa shape index (κ3) is 3.81. The summed E-state index contributed by atoms with van der Waals surface area (Å²) < 4.78 is 16.1. The minimum absolute atomic E-state index is 0.110. The highest BCUT2D eigenvalue weighted by Gasteiger charge is 2.26. The van der Waals surface area contributed by atoms with Gasteiger partial charge < -0.3 is 5.32 Å². The third-order valence-corrected chi connectivity index (χ3v) is 5.61. The van der Waals surface area contributed by atoms with Gasteiger partial charge in [-0.1, -0.05) is 30.3 Å². The van der Waals surface area contributed by atoms with E-state index in [2.05, 4.69) is 38.5 Å². The second kappa shape index (κ2) is 7.64. The Morgan fingerprint density at radius 2 is 2.07 bits per heavy atom. The molecule has 27 heavy (non-hydrogen) atoms. The Bertz CT molecular complexity index is 971. The van der Waals surface area contributed by atoms with Gasteiger partial charge in [0.2, 0.25) is 0 Å². The zero-order valence-electron chi connectivity index (χ0n) is 14.7. The zero-order valence-corrected chi connectivity index (χ0v) is 16.2. The summed E-state index contributed by atoms with van der Waals surface area (Å²) in [6, 6.07) is 14.2. The van der Waals surface area contributed by atoms with Crippen LogP contribution in [-0.4, -0.2) is 15.7 Å². The van der Waals surface area contributed by atoms with E-state index >= 15 is 0 Å². The molecule has 1 aliphatic rings. The van der Waals surface area contributed by atoms with Crippen LogP contribution in [0.3, 0.4) is 0 Å². The van der Waals surface area contributed by atoms with Gasteiger partial charge in [-0.25, -0.2) is 4.39 Å². The lowest BCUT2D eigenvalue weighted by molar-refractivity contribution is 0.0931. The lowest BCUT2D eigenvalue weighted by Gasteiger charge is -2.24. The normalized spacial score (nSPS) is 16.0. The molecule has 4 nitrogen and oxygen atoms in total. The van der Waals surface area contributed by atoms with E-state index in [1.807, 2.05) is 29.1 Å². The van der Waals surface area contributed by atoms with Crippen molar-refractivity contribution in [3.8, 4) is 0 Å². The Balaban J connectivity index is 1.55. The quantitative estimate of drug-likeness (QED) is 0.658. The van der Waals surface area contributed by atoms with Gasteiger partial charge in [0.05, 0.1) is 24.3 Å². The molecule has 2 aromatic carbocycles. The van der Waals surface area contributed by atoms with Crippen molar-refractivity contribution in [3.05, 3.63) is 87.4 Å². The second-order valence-electron chi connectivity index (χ2n) is 6.73. The molecule has 0 fully saturated rings. The molecule has 1 amide bonds. The van der Waals surface area contributed by atoms with Crippen LogP contribution in [-0.2, 0) is 13.0 Å². The van der Waals surface area contributed by atoms with Gasteiger partial charge >= 0.3 is 0 Å². The summed E-state index contributed by atoms with van der Waals surface area (Å²) in [4.78, 5) is 12.7. The van der Waals surface area contributed by atoms with Gasteiger partial charge in [-0.2, -0.15) is 5.10 Å². The van der Waals surface area contributed by atoms with Gasteiger partial charge in [-0.3, -0.25) is 9.48 Å². The number of halogens is 2. The number of hydrogen-bond acceptors (Lipinski definition) is 2. The molecule has 1 N–H and O–H groups in total. The van der Waals surface area contributed by atoms with Crippen LogP contribution in [0.1, 0.15) is 46.1 Å². The summed E-state index contributed by atoms with van der Waals surface area (Å²) >= 11 is 3.32. The van der Waals surface area contributed by atoms with Crippen LogP contribution in [0.15, 0.2) is 59.2 Å². The molecule has 1 aromatic heterocycles. The van der Waals surface area contributed by atoms with Crippen molar-refractivity contribution < 1.29 is 9.18 Å². The molecule has 0 spiro atoms. The van der Waals surface area contributed by atoms with E-state index in [0.717, 1.165) is 30.5 Å². The van der Waals surface area contributed by atoms with Crippen molar-refractivity contribution in [1.82, 2.24) is 15.1 Å². The van der Waals surface area contributed by atoms with Gasteiger partial charge in [0.25, 0.3) is 5.91 Å². The fourth-order valence-corrected chi connectivity index (χ4v) is 4.00. The lowest BCUT2D eigenvalue weighted by atomic mass is 9.92. The molecule has 0 unspecified atom stereocenters. The summed E-state index contributed by atoms with van der Waals surface area (Å²) in [6.45, 7) is 0.715. The van der Waals surface area contributed by atoms with Crippen molar-refractivity contribution in [3.63, 3.8) is 0 Å². The molecule has 0 aliphatic heterocycles. The molecule has 0 saturated heterocycles. The van der Waals surface area contributed by atoms with Gasteiger partial charge in [0.15, 0.2) is 0 Å². The minimum atomic E-state index is -0.427. The van der Waals surface area contributed by atoms with Crippen molar-refractivity contribution in [1.29, 1.82) is 0 Å². The first kappa shape index (κ1) is 17.9. The molecule has 1 heterocycles. The van der Waals surface area contributed by atoms with E-state index < -0.39 is 5.82 Å². The smallest absolute Gasteiger partial charge is 0.253 e. The van der Waals surface area contributed by atoms with E-state index in [-0.39, 0.29) is 11.9 Å². The van der Waals surface area contributed by atoms with Gasteiger partial charge in [0.1, 0.15) is 5.82 Å². The van der Waals surface area contributed by atoms with Gasteiger partial charge in [-0.05, 0) is 59.0 Å². The first-order valence-electron chi connectivity index (χ1n) is 8.96. The van der Waals surface area contributed by atoms with Crippen molar-refractivity contribution >= 4 is 21.8 Å². The van der Waals surface area contributed by atoms with Crippen LogP contribution >= 0.6 is 15.9 Å². The number of benzene rings is 2. The fourth-order valence-electron chi connectivity index (χ4n) is 3.57. The predicted molar refractivity (Wildman–Crippen MR) is 105 cm³/mol. The average molecular weight is 428 g/mol. The molecular formula is C21H19BrFN3O. The SMILES string of the molecule is O=C(N[C@@H]1CCCc2c1cnn2Cc1ccccc1)c1cc(F)ccc1Br. The van der Waals surface area contributed by atoms with Gasteiger partial charge in [-0.15, -0.1) is 0 Å². The minimum Gasteiger partial charge on any atom is -0.345 e. The van der Waals surface area contributed by atoms with Gasteiger partial charge in [0, 0.05) is 15.7 Å². The second-order valence-corrected chi connectivity index (χ2v) is 7.59. The molecule has 3 aromatic rings. The molecule has 4 rings (SSSR count). The lowest BCUT2D eigenvalue weighted by Crippen LogP contribution is -2.31. The van der Waals surface area contributed by atoms with E-state index in [9.17, 15) is 9.18 Å². The maximum Gasteiger partial charge on any atom is 0.253 e. The van der Waals surface area contributed by atoms with Crippen LogP contribution in [0.5, 0.6) is 0 Å². The van der Waals surface area contributed by atoms with Crippen molar-refractivity contribution in [2.75, 3.05) is 0 Å². The number of hydrogen-bond donors (Lipinski definition) is 1. The molecule has 6 heteroatoms. The first-order chi connectivity index (χ1) is 13.1. The third-order valence-electron chi connectivity index (χ3n) is 4.92. The number of aromatic nitrogens is 2. The summed E-state index contributed by atoms with van der Waals surface area (Å²) in [5, 5.41) is 7.60. The number of rotatable bonds is 4. The predicted octanol–water partition coefficient (Wildman–Crippen LogP) is 4.64. The number of fused-ring (bicyclic) bond motifs is 1. The monoisotopic (exact) mass is 427 g/mol. The van der Waals surface area contributed by atoms with Crippen molar-refractivity contribution in [2.24, 2.45) is 0 Å². The molecule has 1 aliphatic carbocycles. The zero-order chi connectivity index (χ0) is 18.8.